The number of anilines is 2. The molecule has 0 aliphatic rings. The van der Waals surface area contributed by atoms with Gasteiger partial charge in [0.15, 0.2) is 5.82 Å². The van der Waals surface area contributed by atoms with Gasteiger partial charge in [-0.3, -0.25) is 0 Å². The number of rotatable bonds is 0. The number of hydrogen-bond donors (Lipinski definition) is 2. The molecular weight excluding hydrogens is 168 g/mol. The fourth-order valence-corrected chi connectivity index (χ4v) is 1.06. The van der Waals surface area contributed by atoms with Gasteiger partial charge in [0.05, 0.1) is 6.20 Å². The Hall–Kier alpha value is -1.98. The summed E-state index contributed by atoms with van der Waals surface area (Å²) in [5.74, 6) is 1.05. The molecule has 0 spiro atoms. The van der Waals surface area contributed by atoms with Crippen LogP contribution in [-0.4, -0.2) is 19.9 Å². The molecule has 0 bridgehead atoms. The predicted octanol–water partition coefficient (Wildman–Crippen LogP) is -0.107. The first-order valence-electron chi connectivity index (χ1n) is 3.69. The van der Waals surface area contributed by atoms with Crippen LogP contribution in [0, 0.1) is 6.92 Å². The van der Waals surface area contributed by atoms with Crippen LogP contribution in [-0.2, 0) is 0 Å². The highest BCUT2D eigenvalue weighted by atomic mass is 15.1. The van der Waals surface area contributed by atoms with Crippen LogP contribution in [0.1, 0.15) is 5.82 Å². The number of aryl methyl sites for hydroxylation is 1. The lowest BCUT2D eigenvalue weighted by atomic mass is 10.4. The molecule has 0 aliphatic carbocycles. The Morgan fingerprint density at radius 3 is 2.69 bits per heavy atom. The van der Waals surface area contributed by atoms with Crippen molar-refractivity contribution >= 4 is 22.8 Å². The van der Waals surface area contributed by atoms with Gasteiger partial charge in [-0.25, -0.2) is 15.0 Å². The molecule has 0 atom stereocenters. The van der Waals surface area contributed by atoms with E-state index in [-0.39, 0.29) is 11.8 Å². The molecule has 6 heteroatoms. The third-order valence-corrected chi connectivity index (χ3v) is 1.60. The minimum Gasteiger partial charge on any atom is -0.382 e. The average Bonchev–Trinajstić information content (AvgIpc) is 2.06. The summed E-state index contributed by atoms with van der Waals surface area (Å²) in [6.45, 7) is 1.77. The fourth-order valence-electron chi connectivity index (χ4n) is 1.06. The van der Waals surface area contributed by atoms with Gasteiger partial charge in [-0.05, 0) is 6.92 Å². The Morgan fingerprint density at radius 2 is 1.92 bits per heavy atom. The highest BCUT2D eigenvalue weighted by Crippen LogP contribution is 2.14. The first-order chi connectivity index (χ1) is 6.16. The normalized spacial score (nSPS) is 10.5. The van der Waals surface area contributed by atoms with E-state index in [2.05, 4.69) is 19.9 Å². The Morgan fingerprint density at radius 1 is 1.15 bits per heavy atom. The monoisotopic (exact) mass is 176 g/mol. The van der Waals surface area contributed by atoms with Crippen LogP contribution in [0.2, 0.25) is 0 Å². The SMILES string of the molecule is Cc1ncc2nc(N)nc(N)c2n1. The number of hydrogen-bond acceptors (Lipinski definition) is 6. The lowest BCUT2D eigenvalue weighted by molar-refractivity contribution is 1.07. The van der Waals surface area contributed by atoms with Crippen LogP contribution in [0.4, 0.5) is 11.8 Å². The zero-order valence-electron chi connectivity index (χ0n) is 7.02. The van der Waals surface area contributed by atoms with Crippen LogP contribution in [0.3, 0.4) is 0 Å². The van der Waals surface area contributed by atoms with Crippen LogP contribution < -0.4 is 11.5 Å². The minimum atomic E-state index is 0.137. The van der Waals surface area contributed by atoms with E-state index in [9.17, 15) is 0 Å². The van der Waals surface area contributed by atoms with E-state index in [1.807, 2.05) is 0 Å². The van der Waals surface area contributed by atoms with Crippen molar-refractivity contribution in [2.24, 2.45) is 0 Å². The average molecular weight is 176 g/mol. The van der Waals surface area contributed by atoms with E-state index in [1.54, 1.807) is 13.1 Å². The van der Waals surface area contributed by atoms with Gasteiger partial charge in [-0.15, -0.1) is 0 Å². The van der Waals surface area contributed by atoms with E-state index in [0.717, 1.165) is 0 Å². The second-order valence-electron chi connectivity index (χ2n) is 2.62. The van der Waals surface area contributed by atoms with E-state index < -0.39 is 0 Å². The molecule has 0 aliphatic heterocycles. The number of nitrogen functional groups attached to an aromatic ring is 2. The molecule has 2 heterocycles. The summed E-state index contributed by atoms with van der Waals surface area (Å²) in [7, 11) is 0. The van der Waals surface area contributed by atoms with Gasteiger partial charge >= 0.3 is 0 Å². The molecule has 2 rings (SSSR count). The number of nitrogens with zero attached hydrogens (tertiary/aromatic N) is 4. The van der Waals surface area contributed by atoms with Gasteiger partial charge in [-0.1, -0.05) is 0 Å². The van der Waals surface area contributed by atoms with Crippen LogP contribution in [0.15, 0.2) is 6.20 Å². The van der Waals surface area contributed by atoms with Crippen LogP contribution in [0.5, 0.6) is 0 Å². The van der Waals surface area contributed by atoms with Crippen molar-refractivity contribution in [2.45, 2.75) is 6.92 Å². The molecule has 6 nitrogen and oxygen atoms in total. The summed E-state index contributed by atoms with van der Waals surface area (Å²) in [5, 5.41) is 0. The van der Waals surface area contributed by atoms with E-state index in [0.29, 0.717) is 16.9 Å². The van der Waals surface area contributed by atoms with Gasteiger partial charge in [-0.2, -0.15) is 4.98 Å². The molecule has 2 aromatic heterocycles. The topological polar surface area (TPSA) is 104 Å². The Balaban J connectivity index is 2.87. The van der Waals surface area contributed by atoms with E-state index >= 15 is 0 Å². The van der Waals surface area contributed by atoms with Crippen molar-refractivity contribution < 1.29 is 0 Å². The van der Waals surface area contributed by atoms with Crippen molar-refractivity contribution in [3.8, 4) is 0 Å². The Kier molecular flexibility index (Phi) is 1.48. The van der Waals surface area contributed by atoms with Crippen molar-refractivity contribution in [3.05, 3.63) is 12.0 Å². The van der Waals surface area contributed by atoms with E-state index in [1.165, 1.54) is 0 Å². The maximum atomic E-state index is 5.60. The number of fused-ring (bicyclic) bond motifs is 1. The second-order valence-corrected chi connectivity index (χ2v) is 2.62. The molecule has 0 saturated heterocycles. The largest absolute Gasteiger partial charge is 0.382 e. The predicted molar refractivity (Wildman–Crippen MR) is 48.7 cm³/mol. The molecular formula is C7H8N6. The molecule has 0 radical (unpaired) electrons. The zero-order valence-corrected chi connectivity index (χ0v) is 7.02. The highest BCUT2D eigenvalue weighted by molar-refractivity contribution is 5.84. The fraction of sp³-hybridized carbons (Fsp3) is 0.143. The maximum absolute atomic E-state index is 5.60. The Bertz CT molecular complexity index is 466. The van der Waals surface area contributed by atoms with Gasteiger partial charge in [0.1, 0.15) is 16.9 Å². The van der Waals surface area contributed by atoms with E-state index in [4.69, 9.17) is 11.5 Å². The lowest BCUT2D eigenvalue weighted by Crippen LogP contribution is -2.02. The molecule has 2 aromatic rings. The summed E-state index contributed by atoms with van der Waals surface area (Å²) in [5.41, 5.74) is 12.1. The molecule has 0 aromatic carbocycles. The smallest absolute Gasteiger partial charge is 0.222 e. The number of aromatic nitrogens is 4. The number of nitrogens with two attached hydrogens (primary N) is 2. The van der Waals surface area contributed by atoms with Gasteiger partial charge in [0.2, 0.25) is 5.95 Å². The summed E-state index contributed by atoms with van der Waals surface area (Å²) in [6, 6.07) is 0. The van der Waals surface area contributed by atoms with Crippen LogP contribution in [0.25, 0.3) is 11.0 Å². The third kappa shape index (κ3) is 1.22. The first kappa shape index (κ1) is 7.66. The summed E-state index contributed by atoms with van der Waals surface area (Å²) < 4.78 is 0. The minimum absolute atomic E-state index is 0.137. The summed E-state index contributed by atoms with van der Waals surface area (Å²) in [6.07, 6.45) is 1.58. The molecule has 0 saturated carbocycles. The van der Waals surface area contributed by atoms with Crippen molar-refractivity contribution in [1.29, 1.82) is 0 Å². The van der Waals surface area contributed by atoms with Gasteiger partial charge < -0.3 is 11.5 Å². The summed E-state index contributed by atoms with van der Waals surface area (Å²) in [4.78, 5) is 15.8. The lowest BCUT2D eigenvalue weighted by Gasteiger charge is -2.00. The Labute approximate surface area is 74.0 Å². The van der Waals surface area contributed by atoms with Gasteiger partial charge in [0.25, 0.3) is 0 Å². The standard InChI is InChI=1S/C7H8N6/c1-3-10-2-4-5(11-3)6(8)13-7(9)12-4/h2H,1H3,(H4,8,9,12,13). The van der Waals surface area contributed by atoms with Crippen molar-refractivity contribution in [1.82, 2.24) is 19.9 Å². The molecule has 0 amide bonds. The molecule has 66 valence electrons. The molecule has 4 N–H and O–H groups in total. The highest BCUT2D eigenvalue weighted by Gasteiger charge is 2.04. The molecule has 0 unspecified atom stereocenters. The van der Waals surface area contributed by atoms with Crippen LogP contribution >= 0.6 is 0 Å². The quantitative estimate of drug-likeness (QED) is 0.580. The molecule has 0 fully saturated rings. The third-order valence-electron chi connectivity index (χ3n) is 1.60. The van der Waals surface area contributed by atoms with Crippen molar-refractivity contribution in [2.75, 3.05) is 11.5 Å². The van der Waals surface area contributed by atoms with Gasteiger partial charge in [0, 0.05) is 0 Å². The zero-order chi connectivity index (χ0) is 9.42. The van der Waals surface area contributed by atoms with Crippen molar-refractivity contribution in [3.63, 3.8) is 0 Å². The second kappa shape index (κ2) is 2.51. The first-order valence-corrected chi connectivity index (χ1v) is 3.69. The molecule has 13 heavy (non-hydrogen) atoms. The summed E-state index contributed by atoms with van der Waals surface area (Å²) >= 11 is 0. The maximum Gasteiger partial charge on any atom is 0.222 e.